The Morgan fingerprint density at radius 3 is 2.20 bits per heavy atom. The van der Waals surface area contributed by atoms with Crippen LogP contribution in [0, 0.1) is 0 Å². The highest BCUT2D eigenvalue weighted by Gasteiger charge is 2.23. The molecule has 0 radical (unpaired) electrons. The average Bonchev–Trinajstić information content (AvgIpc) is 3.34. The molecule has 2 aliphatic heterocycles. The average molecular weight is 403 g/mol. The predicted molar refractivity (Wildman–Crippen MR) is 118 cm³/mol. The van der Waals surface area contributed by atoms with E-state index >= 15 is 0 Å². The molecule has 1 amide bonds. The zero-order valence-electron chi connectivity index (χ0n) is 16.9. The molecule has 1 aromatic heterocycles. The van der Waals surface area contributed by atoms with E-state index in [0.717, 1.165) is 74.6 Å². The number of morpholine rings is 1. The minimum Gasteiger partial charge on any atom is -0.378 e. The van der Waals surface area contributed by atoms with Crippen molar-refractivity contribution >= 4 is 34.1 Å². The Hall–Kier alpha value is -3.19. The number of rotatable bonds is 4. The Morgan fingerprint density at radius 1 is 0.833 bits per heavy atom. The number of amides is 1. The fraction of sp³-hybridized carbons (Fsp3) is 0.348. The molecule has 0 spiro atoms. The summed E-state index contributed by atoms with van der Waals surface area (Å²) < 4.78 is 5.41. The lowest BCUT2D eigenvalue weighted by Gasteiger charge is -2.28. The zero-order valence-corrected chi connectivity index (χ0v) is 16.9. The van der Waals surface area contributed by atoms with Gasteiger partial charge in [-0.2, -0.15) is 0 Å². The monoisotopic (exact) mass is 403 g/mol. The number of carbonyl (C=O) groups is 1. The number of carbonyl (C=O) groups excluding carboxylic acids is 1. The Balaban J connectivity index is 1.40. The zero-order chi connectivity index (χ0) is 20.3. The maximum atomic E-state index is 13.2. The second kappa shape index (κ2) is 8.28. The summed E-state index contributed by atoms with van der Waals surface area (Å²) in [6, 6.07) is 15.6. The van der Waals surface area contributed by atoms with Crippen molar-refractivity contribution in [2.75, 3.05) is 54.5 Å². The summed E-state index contributed by atoms with van der Waals surface area (Å²) in [7, 11) is 0. The summed E-state index contributed by atoms with van der Waals surface area (Å²) in [5, 5.41) is 3.01. The lowest BCUT2D eigenvalue weighted by atomic mass is 10.2. The van der Waals surface area contributed by atoms with Gasteiger partial charge in [0.15, 0.2) is 11.5 Å². The van der Waals surface area contributed by atoms with Gasteiger partial charge in [-0.05, 0) is 49.2 Å². The fourth-order valence-electron chi connectivity index (χ4n) is 4.06. The maximum Gasteiger partial charge on any atom is 0.278 e. The highest BCUT2D eigenvalue weighted by molar-refractivity contribution is 6.07. The molecule has 0 unspecified atom stereocenters. The first-order valence-electron chi connectivity index (χ1n) is 10.5. The van der Waals surface area contributed by atoms with Gasteiger partial charge in [0.25, 0.3) is 5.91 Å². The quantitative estimate of drug-likeness (QED) is 0.721. The third-order valence-electron chi connectivity index (χ3n) is 5.67. The van der Waals surface area contributed by atoms with Crippen LogP contribution in [-0.2, 0) is 4.74 Å². The van der Waals surface area contributed by atoms with Crippen LogP contribution in [0.3, 0.4) is 0 Å². The summed E-state index contributed by atoms with van der Waals surface area (Å²) in [5.74, 6) is 0.447. The largest absolute Gasteiger partial charge is 0.378 e. The Morgan fingerprint density at radius 2 is 1.50 bits per heavy atom. The third-order valence-corrected chi connectivity index (χ3v) is 5.67. The SMILES string of the molecule is O=C(Nc1ccc(N2CCOCC2)cc1)c1nc2ccccc2nc1N1CCCC1. The molecule has 0 aliphatic carbocycles. The van der Waals surface area contributed by atoms with Gasteiger partial charge in [0, 0.05) is 37.6 Å². The molecule has 0 bridgehead atoms. The van der Waals surface area contributed by atoms with Gasteiger partial charge in [-0.1, -0.05) is 12.1 Å². The number of benzene rings is 2. The summed E-state index contributed by atoms with van der Waals surface area (Å²) in [6.07, 6.45) is 2.22. The number of aromatic nitrogens is 2. The van der Waals surface area contributed by atoms with Crippen LogP contribution in [-0.4, -0.2) is 55.3 Å². The Labute approximate surface area is 175 Å². The first-order valence-corrected chi connectivity index (χ1v) is 10.5. The molecule has 154 valence electrons. The minimum absolute atomic E-state index is 0.228. The van der Waals surface area contributed by atoms with E-state index in [2.05, 4.69) is 20.1 Å². The van der Waals surface area contributed by atoms with Crippen LogP contribution in [0.25, 0.3) is 11.0 Å². The lowest BCUT2D eigenvalue weighted by Crippen LogP contribution is -2.36. The number of nitrogens with zero attached hydrogens (tertiary/aromatic N) is 4. The molecule has 1 N–H and O–H groups in total. The van der Waals surface area contributed by atoms with Gasteiger partial charge in [0.05, 0.1) is 24.2 Å². The highest BCUT2D eigenvalue weighted by Crippen LogP contribution is 2.26. The Bertz CT molecular complexity index is 1040. The number of fused-ring (bicyclic) bond motifs is 1. The second-order valence-electron chi connectivity index (χ2n) is 7.68. The van der Waals surface area contributed by atoms with Crippen molar-refractivity contribution in [2.45, 2.75) is 12.8 Å². The van der Waals surface area contributed by atoms with Crippen LogP contribution in [0.15, 0.2) is 48.5 Å². The molecule has 7 nitrogen and oxygen atoms in total. The number of ether oxygens (including phenoxy) is 1. The summed E-state index contributed by atoms with van der Waals surface area (Å²) in [4.78, 5) is 27.1. The molecule has 7 heteroatoms. The molecule has 30 heavy (non-hydrogen) atoms. The van der Waals surface area contributed by atoms with Crippen LogP contribution in [0.2, 0.25) is 0 Å². The first kappa shape index (κ1) is 18.8. The van der Waals surface area contributed by atoms with Crippen LogP contribution in [0.5, 0.6) is 0 Å². The molecule has 2 aliphatic rings. The highest BCUT2D eigenvalue weighted by atomic mass is 16.5. The van der Waals surface area contributed by atoms with E-state index in [1.807, 2.05) is 48.5 Å². The minimum atomic E-state index is -0.228. The van der Waals surface area contributed by atoms with Crippen LogP contribution in [0.1, 0.15) is 23.3 Å². The van der Waals surface area contributed by atoms with Crippen molar-refractivity contribution in [3.8, 4) is 0 Å². The molecule has 3 aromatic rings. The smallest absolute Gasteiger partial charge is 0.278 e. The standard InChI is InChI=1S/C23H25N5O2/c29-23(24-17-7-9-18(10-8-17)27-13-15-30-16-14-27)21-22(28-11-3-4-12-28)26-20-6-2-1-5-19(20)25-21/h1-2,5-10H,3-4,11-16H2,(H,24,29). The van der Waals surface area contributed by atoms with Crippen LogP contribution < -0.4 is 15.1 Å². The number of hydrogen-bond acceptors (Lipinski definition) is 6. The van der Waals surface area contributed by atoms with Gasteiger partial charge in [0.2, 0.25) is 0 Å². The van der Waals surface area contributed by atoms with E-state index < -0.39 is 0 Å². The summed E-state index contributed by atoms with van der Waals surface area (Å²) >= 11 is 0. The normalized spacial score (nSPS) is 16.8. The van der Waals surface area contributed by atoms with Crippen molar-refractivity contribution < 1.29 is 9.53 Å². The number of para-hydroxylation sites is 2. The summed E-state index contributed by atoms with van der Waals surface area (Å²) in [5.41, 5.74) is 3.81. The number of anilines is 3. The molecule has 0 saturated carbocycles. The van der Waals surface area contributed by atoms with Crippen molar-refractivity contribution in [1.82, 2.24) is 9.97 Å². The summed E-state index contributed by atoms with van der Waals surface area (Å²) in [6.45, 7) is 5.08. The van der Waals surface area contributed by atoms with Crippen molar-refractivity contribution in [3.63, 3.8) is 0 Å². The fourth-order valence-corrected chi connectivity index (χ4v) is 4.06. The molecule has 5 rings (SSSR count). The molecule has 2 saturated heterocycles. The van der Waals surface area contributed by atoms with E-state index in [9.17, 15) is 4.79 Å². The third kappa shape index (κ3) is 3.80. The van der Waals surface area contributed by atoms with Crippen molar-refractivity contribution in [3.05, 3.63) is 54.2 Å². The first-order chi connectivity index (χ1) is 14.8. The second-order valence-corrected chi connectivity index (χ2v) is 7.68. The van der Waals surface area contributed by atoms with E-state index in [-0.39, 0.29) is 5.91 Å². The van der Waals surface area contributed by atoms with E-state index in [4.69, 9.17) is 9.72 Å². The van der Waals surface area contributed by atoms with Crippen molar-refractivity contribution in [1.29, 1.82) is 0 Å². The predicted octanol–water partition coefficient (Wildman–Crippen LogP) is 3.32. The van der Waals surface area contributed by atoms with E-state index in [1.54, 1.807) is 0 Å². The molecular weight excluding hydrogens is 378 g/mol. The Kier molecular flexibility index (Phi) is 5.19. The number of nitrogens with one attached hydrogen (secondary N) is 1. The molecular formula is C23H25N5O2. The van der Waals surface area contributed by atoms with Gasteiger partial charge in [-0.3, -0.25) is 4.79 Å². The topological polar surface area (TPSA) is 70.6 Å². The van der Waals surface area contributed by atoms with Gasteiger partial charge in [-0.15, -0.1) is 0 Å². The van der Waals surface area contributed by atoms with Gasteiger partial charge in [0.1, 0.15) is 0 Å². The van der Waals surface area contributed by atoms with Gasteiger partial charge < -0.3 is 19.9 Å². The van der Waals surface area contributed by atoms with Gasteiger partial charge >= 0.3 is 0 Å². The molecule has 2 fully saturated rings. The van der Waals surface area contributed by atoms with Crippen LogP contribution in [0.4, 0.5) is 17.2 Å². The van der Waals surface area contributed by atoms with Gasteiger partial charge in [-0.25, -0.2) is 9.97 Å². The molecule has 0 atom stereocenters. The number of hydrogen-bond donors (Lipinski definition) is 1. The lowest BCUT2D eigenvalue weighted by molar-refractivity contribution is 0.102. The maximum absolute atomic E-state index is 13.2. The van der Waals surface area contributed by atoms with Crippen LogP contribution >= 0.6 is 0 Å². The van der Waals surface area contributed by atoms with E-state index in [0.29, 0.717) is 11.5 Å². The molecule has 3 heterocycles. The molecule has 2 aromatic carbocycles. The van der Waals surface area contributed by atoms with Crippen molar-refractivity contribution in [2.24, 2.45) is 0 Å². The van der Waals surface area contributed by atoms with E-state index in [1.165, 1.54) is 0 Å².